The highest BCUT2D eigenvalue weighted by molar-refractivity contribution is 7.92. The Hall–Kier alpha value is -0.920. The molecular formula is C14H19NO4S2. The molecule has 2 aliphatic rings. The monoisotopic (exact) mass is 329 g/mol. The minimum absolute atomic E-state index is 0.0763. The second kappa shape index (κ2) is 5.07. The molecule has 0 N–H and O–H groups in total. The van der Waals surface area contributed by atoms with E-state index in [0.717, 1.165) is 30.4 Å². The first kappa shape index (κ1) is 15.0. The van der Waals surface area contributed by atoms with E-state index in [1.54, 1.807) is 6.07 Å². The van der Waals surface area contributed by atoms with E-state index in [-0.39, 0.29) is 15.7 Å². The molecule has 0 aromatic carbocycles. The number of hydrogen-bond donors (Lipinski definition) is 0. The second-order valence-electron chi connectivity index (χ2n) is 6.03. The van der Waals surface area contributed by atoms with Gasteiger partial charge in [-0.15, -0.1) is 11.3 Å². The molecule has 116 valence electrons. The van der Waals surface area contributed by atoms with Gasteiger partial charge in [0, 0.05) is 12.8 Å². The Morgan fingerprint density at radius 2 is 2.14 bits per heavy atom. The SMILES string of the molecule is CC1(C2CC2)COCCN1C(=O)c1ccc(S(C)(=O)=O)s1. The molecule has 1 aromatic rings. The molecule has 3 rings (SSSR count). The Balaban J connectivity index is 1.88. The quantitative estimate of drug-likeness (QED) is 0.848. The van der Waals surface area contributed by atoms with Gasteiger partial charge >= 0.3 is 0 Å². The number of carbonyl (C=O) groups is 1. The summed E-state index contributed by atoms with van der Waals surface area (Å²) in [6.07, 6.45) is 3.42. The molecule has 1 aliphatic carbocycles. The normalized spacial score (nSPS) is 26.9. The van der Waals surface area contributed by atoms with Crippen molar-refractivity contribution < 1.29 is 17.9 Å². The molecule has 1 aliphatic heterocycles. The highest BCUT2D eigenvalue weighted by Gasteiger charge is 2.49. The van der Waals surface area contributed by atoms with Gasteiger partial charge in [0.15, 0.2) is 9.84 Å². The van der Waals surface area contributed by atoms with Crippen molar-refractivity contribution in [2.75, 3.05) is 26.0 Å². The zero-order chi connectivity index (χ0) is 15.3. The third-order valence-corrected chi connectivity index (χ3v) is 7.22. The Morgan fingerprint density at radius 3 is 2.71 bits per heavy atom. The average Bonchev–Trinajstić information content (AvgIpc) is 3.15. The molecule has 0 spiro atoms. The van der Waals surface area contributed by atoms with Gasteiger partial charge in [0.25, 0.3) is 5.91 Å². The van der Waals surface area contributed by atoms with E-state index in [4.69, 9.17) is 4.74 Å². The Kier molecular flexibility index (Phi) is 3.62. The summed E-state index contributed by atoms with van der Waals surface area (Å²) in [7, 11) is -3.26. The predicted octanol–water partition coefficient (Wildman–Crippen LogP) is 1.79. The fourth-order valence-corrected chi connectivity index (χ4v) is 4.79. The highest BCUT2D eigenvalue weighted by atomic mass is 32.2. The lowest BCUT2D eigenvalue weighted by Gasteiger charge is -2.45. The lowest BCUT2D eigenvalue weighted by Crippen LogP contribution is -2.58. The van der Waals surface area contributed by atoms with Gasteiger partial charge in [-0.25, -0.2) is 8.42 Å². The van der Waals surface area contributed by atoms with Gasteiger partial charge in [-0.3, -0.25) is 4.79 Å². The summed E-state index contributed by atoms with van der Waals surface area (Å²) >= 11 is 1.05. The predicted molar refractivity (Wildman–Crippen MR) is 80.4 cm³/mol. The first-order chi connectivity index (χ1) is 9.82. The fourth-order valence-electron chi connectivity index (χ4n) is 2.91. The summed E-state index contributed by atoms with van der Waals surface area (Å²) in [5.41, 5.74) is -0.259. The van der Waals surface area contributed by atoms with E-state index in [1.165, 1.54) is 6.07 Å². The molecule has 1 atom stereocenters. The number of carbonyl (C=O) groups excluding carboxylic acids is 1. The summed E-state index contributed by atoms with van der Waals surface area (Å²) < 4.78 is 28.9. The summed E-state index contributed by atoms with van der Waals surface area (Å²) in [6.45, 7) is 3.75. The van der Waals surface area contributed by atoms with Crippen LogP contribution in [0.15, 0.2) is 16.3 Å². The van der Waals surface area contributed by atoms with Gasteiger partial charge in [0.2, 0.25) is 0 Å². The summed E-state index contributed by atoms with van der Waals surface area (Å²) in [5, 5.41) is 0. The van der Waals surface area contributed by atoms with Crippen LogP contribution >= 0.6 is 11.3 Å². The van der Waals surface area contributed by atoms with Crippen molar-refractivity contribution >= 4 is 27.1 Å². The number of sulfone groups is 1. The molecule has 7 heteroatoms. The van der Waals surface area contributed by atoms with Crippen molar-refractivity contribution in [3.63, 3.8) is 0 Å². The number of amides is 1. The molecule has 1 amide bonds. The third kappa shape index (κ3) is 2.74. The number of morpholine rings is 1. The first-order valence-electron chi connectivity index (χ1n) is 7.02. The van der Waals surface area contributed by atoms with E-state index < -0.39 is 9.84 Å². The maximum atomic E-state index is 12.8. The Morgan fingerprint density at radius 1 is 1.43 bits per heavy atom. The van der Waals surface area contributed by atoms with Crippen LogP contribution in [0.25, 0.3) is 0 Å². The molecule has 21 heavy (non-hydrogen) atoms. The van der Waals surface area contributed by atoms with Crippen molar-refractivity contribution in [1.29, 1.82) is 0 Å². The minimum atomic E-state index is -3.26. The third-order valence-electron chi connectivity index (χ3n) is 4.33. The molecule has 2 heterocycles. The second-order valence-corrected chi connectivity index (χ2v) is 9.36. The van der Waals surface area contributed by atoms with Gasteiger partial charge in [-0.1, -0.05) is 0 Å². The maximum absolute atomic E-state index is 12.8. The van der Waals surface area contributed by atoms with Gasteiger partial charge < -0.3 is 9.64 Å². The number of thiophene rings is 1. The summed E-state index contributed by atoms with van der Waals surface area (Å²) in [6, 6.07) is 3.13. The minimum Gasteiger partial charge on any atom is -0.377 e. The average molecular weight is 329 g/mol. The number of hydrogen-bond acceptors (Lipinski definition) is 5. The van der Waals surface area contributed by atoms with E-state index in [1.807, 2.05) is 4.90 Å². The molecular weight excluding hydrogens is 310 g/mol. The van der Waals surface area contributed by atoms with E-state index in [9.17, 15) is 13.2 Å². The van der Waals surface area contributed by atoms with Crippen molar-refractivity contribution in [3.8, 4) is 0 Å². The van der Waals surface area contributed by atoms with Crippen LogP contribution in [0, 0.1) is 5.92 Å². The van der Waals surface area contributed by atoms with E-state index in [0.29, 0.717) is 30.6 Å². The number of ether oxygens (including phenoxy) is 1. The molecule has 5 nitrogen and oxygen atoms in total. The standard InChI is InChI=1S/C14H19NO4S2/c1-14(10-3-4-10)9-19-8-7-15(14)13(16)11-5-6-12(20-11)21(2,17)18/h5-6,10H,3-4,7-9H2,1-2H3. The molecule has 2 fully saturated rings. The zero-order valence-corrected chi connectivity index (χ0v) is 13.8. The maximum Gasteiger partial charge on any atom is 0.264 e. The number of rotatable bonds is 3. The molecule has 1 saturated carbocycles. The van der Waals surface area contributed by atoms with E-state index >= 15 is 0 Å². The lowest BCUT2D eigenvalue weighted by molar-refractivity contribution is -0.0545. The first-order valence-corrected chi connectivity index (χ1v) is 9.73. The largest absolute Gasteiger partial charge is 0.377 e. The van der Waals surface area contributed by atoms with Crippen LogP contribution in [0.4, 0.5) is 0 Å². The van der Waals surface area contributed by atoms with Crippen LogP contribution in [0.3, 0.4) is 0 Å². The van der Waals surface area contributed by atoms with Gasteiger partial charge in [0.05, 0.1) is 23.6 Å². The smallest absolute Gasteiger partial charge is 0.264 e. The molecule has 1 unspecified atom stereocenters. The summed E-state index contributed by atoms with van der Waals surface area (Å²) in [4.78, 5) is 15.1. The molecule has 1 aromatic heterocycles. The highest BCUT2D eigenvalue weighted by Crippen LogP contribution is 2.45. The zero-order valence-electron chi connectivity index (χ0n) is 12.2. The fraction of sp³-hybridized carbons (Fsp3) is 0.643. The van der Waals surface area contributed by atoms with E-state index in [2.05, 4.69) is 6.92 Å². The van der Waals surface area contributed by atoms with Gasteiger partial charge in [0.1, 0.15) is 4.21 Å². The van der Waals surface area contributed by atoms with Crippen molar-refractivity contribution in [3.05, 3.63) is 17.0 Å². The summed E-state index contributed by atoms with van der Waals surface area (Å²) in [5.74, 6) is 0.420. The Labute approximate surface area is 128 Å². The van der Waals surface area contributed by atoms with Gasteiger partial charge in [-0.05, 0) is 37.8 Å². The molecule has 0 bridgehead atoms. The van der Waals surface area contributed by atoms with Crippen molar-refractivity contribution in [2.45, 2.75) is 29.5 Å². The molecule has 0 radical (unpaired) electrons. The van der Waals surface area contributed by atoms with Crippen molar-refractivity contribution in [1.82, 2.24) is 4.90 Å². The van der Waals surface area contributed by atoms with Crippen LogP contribution in [-0.2, 0) is 14.6 Å². The van der Waals surface area contributed by atoms with Crippen LogP contribution in [0.1, 0.15) is 29.4 Å². The van der Waals surface area contributed by atoms with Crippen LogP contribution in [0.5, 0.6) is 0 Å². The lowest BCUT2D eigenvalue weighted by atomic mass is 9.93. The van der Waals surface area contributed by atoms with Crippen molar-refractivity contribution in [2.24, 2.45) is 5.92 Å². The molecule has 1 saturated heterocycles. The topological polar surface area (TPSA) is 63.7 Å². The van der Waals surface area contributed by atoms with Crippen LogP contribution < -0.4 is 0 Å². The Bertz CT molecular complexity index is 662. The van der Waals surface area contributed by atoms with Crippen LogP contribution in [0.2, 0.25) is 0 Å². The number of nitrogens with zero attached hydrogens (tertiary/aromatic N) is 1. The van der Waals surface area contributed by atoms with Crippen LogP contribution in [-0.4, -0.2) is 50.8 Å². The van der Waals surface area contributed by atoms with Gasteiger partial charge in [-0.2, -0.15) is 0 Å².